The second-order valence-corrected chi connectivity index (χ2v) is 3.70. The number of esters is 1. The summed E-state index contributed by atoms with van der Waals surface area (Å²) in [5, 5.41) is 0. The lowest BCUT2D eigenvalue weighted by molar-refractivity contribution is -0.146. The van der Waals surface area contributed by atoms with Crippen LogP contribution in [0.1, 0.15) is 19.4 Å². The molecule has 0 radical (unpaired) electrons. The molecule has 1 heterocycles. The van der Waals surface area contributed by atoms with Gasteiger partial charge >= 0.3 is 5.97 Å². The van der Waals surface area contributed by atoms with E-state index in [9.17, 15) is 4.79 Å². The highest BCUT2D eigenvalue weighted by Crippen LogP contribution is 2.37. The van der Waals surface area contributed by atoms with Crippen LogP contribution in [0.5, 0.6) is 0 Å². The van der Waals surface area contributed by atoms with Gasteiger partial charge in [-0.15, -0.1) is 0 Å². The third-order valence-electron chi connectivity index (χ3n) is 2.62. The fourth-order valence-electron chi connectivity index (χ4n) is 1.74. The topological polar surface area (TPSA) is 38.7 Å². The van der Waals surface area contributed by atoms with Crippen LogP contribution < -0.4 is 0 Å². The van der Waals surface area contributed by atoms with Crippen LogP contribution in [0.15, 0.2) is 29.3 Å². The second-order valence-electron chi connectivity index (χ2n) is 3.70. The van der Waals surface area contributed by atoms with E-state index in [-0.39, 0.29) is 5.97 Å². The van der Waals surface area contributed by atoms with Crippen LogP contribution in [-0.2, 0) is 14.9 Å². The quantitative estimate of drug-likeness (QED) is 0.691. The zero-order valence-electron chi connectivity index (χ0n) is 8.86. The molecule has 0 fully saturated rings. The summed E-state index contributed by atoms with van der Waals surface area (Å²) < 4.78 is 5.06. The molecule has 15 heavy (non-hydrogen) atoms. The molecule has 1 aliphatic rings. The first-order valence-corrected chi connectivity index (χ1v) is 5.00. The highest BCUT2D eigenvalue weighted by Gasteiger charge is 2.40. The van der Waals surface area contributed by atoms with Crippen molar-refractivity contribution in [3.05, 3.63) is 29.8 Å². The van der Waals surface area contributed by atoms with Gasteiger partial charge in [0.25, 0.3) is 0 Å². The van der Waals surface area contributed by atoms with Gasteiger partial charge in [0, 0.05) is 11.8 Å². The van der Waals surface area contributed by atoms with Crippen molar-refractivity contribution in [3.63, 3.8) is 0 Å². The summed E-state index contributed by atoms with van der Waals surface area (Å²) in [6, 6.07) is 7.63. The first kappa shape index (κ1) is 9.90. The van der Waals surface area contributed by atoms with Crippen molar-refractivity contribution in [2.24, 2.45) is 4.99 Å². The number of benzene rings is 1. The number of para-hydroxylation sites is 1. The lowest BCUT2D eigenvalue weighted by atomic mass is 9.85. The highest BCUT2D eigenvalue weighted by molar-refractivity contribution is 6.06. The predicted molar refractivity (Wildman–Crippen MR) is 58.6 cm³/mol. The molecule has 1 aliphatic heterocycles. The van der Waals surface area contributed by atoms with E-state index in [4.69, 9.17) is 4.74 Å². The van der Waals surface area contributed by atoms with Crippen molar-refractivity contribution < 1.29 is 9.53 Å². The average molecular weight is 203 g/mol. The van der Waals surface area contributed by atoms with E-state index < -0.39 is 5.41 Å². The van der Waals surface area contributed by atoms with Gasteiger partial charge < -0.3 is 4.74 Å². The number of nitrogens with zero attached hydrogens (tertiary/aromatic N) is 1. The molecule has 0 saturated carbocycles. The van der Waals surface area contributed by atoms with E-state index in [1.807, 2.05) is 31.2 Å². The van der Waals surface area contributed by atoms with Crippen molar-refractivity contribution in [3.8, 4) is 0 Å². The van der Waals surface area contributed by atoms with Crippen LogP contribution in [0.4, 0.5) is 5.69 Å². The molecule has 1 aromatic rings. The molecular formula is C12H13NO2. The molecule has 0 aromatic heterocycles. The maximum absolute atomic E-state index is 11.8. The summed E-state index contributed by atoms with van der Waals surface area (Å²) in [6.07, 6.45) is 1.66. The number of aliphatic imine (C=N–C) groups is 1. The van der Waals surface area contributed by atoms with Crippen LogP contribution in [0.25, 0.3) is 0 Å². The van der Waals surface area contributed by atoms with Crippen LogP contribution in [-0.4, -0.2) is 18.8 Å². The smallest absolute Gasteiger partial charge is 0.321 e. The van der Waals surface area contributed by atoms with Crippen molar-refractivity contribution >= 4 is 17.9 Å². The van der Waals surface area contributed by atoms with Gasteiger partial charge in [0.15, 0.2) is 0 Å². The molecule has 0 bridgehead atoms. The summed E-state index contributed by atoms with van der Waals surface area (Å²) in [5.41, 5.74) is 1.06. The maximum Gasteiger partial charge on any atom is 0.321 e. The molecule has 0 spiro atoms. The van der Waals surface area contributed by atoms with E-state index in [0.29, 0.717) is 6.61 Å². The molecule has 2 rings (SSSR count). The summed E-state index contributed by atoms with van der Waals surface area (Å²) in [4.78, 5) is 16.0. The van der Waals surface area contributed by atoms with Crippen molar-refractivity contribution in [1.82, 2.24) is 0 Å². The molecule has 1 atom stereocenters. The molecule has 3 nitrogen and oxygen atoms in total. The summed E-state index contributed by atoms with van der Waals surface area (Å²) in [7, 11) is 0. The first-order valence-electron chi connectivity index (χ1n) is 5.00. The van der Waals surface area contributed by atoms with E-state index in [0.717, 1.165) is 11.3 Å². The van der Waals surface area contributed by atoms with Gasteiger partial charge in [0.2, 0.25) is 0 Å². The number of ether oxygens (including phenoxy) is 1. The first-order chi connectivity index (χ1) is 7.18. The summed E-state index contributed by atoms with van der Waals surface area (Å²) >= 11 is 0. The fraction of sp³-hybridized carbons (Fsp3) is 0.333. The Kier molecular flexibility index (Phi) is 2.31. The van der Waals surface area contributed by atoms with E-state index in [2.05, 4.69) is 4.99 Å². The van der Waals surface area contributed by atoms with Gasteiger partial charge in [-0.05, 0) is 19.9 Å². The van der Waals surface area contributed by atoms with Crippen LogP contribution in [0.3, 0.4) is 0 Å². The Morgan fingerprint density at radius 3 is 2.93 bits per heavy atom. The molecule has 0 amide bonds. The van der Waals surface area contributed by atoms with E-state index >= 15 is 0 Å². The third kappa shape index (κ3) is 1.44. The number of carbonyl (C=O) groups excluding carboxylic acids is 1. The molecule has 78 valence electrons. The van der Waals surface area contributed by atoms with Crippen molar-refractivity contribution in [1.29, 1.82) is 0 Å². The zero-order valence-corrected chi connectivity index (χ0v) is 8.86. The number of hydrogen-bond acceptors (Lipinski definition) is 3. The number of rotatable bonds is 2. The molecule has 1 unspecified atom stereocenters. The van der Waals surface area contributed by atoms with Crippen molar-refractivity contribution in [2.75, 3.05) is 6.61 Å². The normalized spacial score (nSPS) is 22.5. The monoisotopic (exact) mass is 203 g/mol. The Morgan fingerprint density at radius 1 is 1.47 bits per heavy atom. The fourth-order valence-corrected chi connectivity index (χ4v) is 1.74. The minimum atomic E-state index is -0.716. The predicted octanol–water partition coefficient (Wildman–Crippen LogP) is 2.22. The Labute approximate surface area is 88.8 Å². The minimum absolute atomic E-state index is 0.237. The SMILES string of the molecule is CCOC(=O)C1(C)C=Nc2ccccc21. The third-order valence-corrected chi connectivity index (χ3v) is 2.62. The Bertz CT molecular complexity index is 425. The maximum atomic E-state index is 11.8. The standard InChI is InChI=1S/C12H13NO2/c1-3-15-11(14)12(2)8-13-10-7-5-4-6-9(10)12/h4-8H,3H2,1-2H3. The van der Waals surface area contributed by atoms with Crippen LogP contribution in [0, 0.1) is 0 Å². The van der Waals surface area contributed by atoms with Gasteiger partial charge in [0.1, 0.15) is 5.41 Å². The minimum Gasteiger partial charge on any atom is -0.465 e. The Morgan fingerprint density at radius 2 is 2.20 bits per heavy atom. The van der Waals surface area contributed by atoms with Gasteiger partial charge in [-0.3, -0.25) is 9.79 Å². The van der Waals surface area contributed by atoms with Crippen molar-refractivity contribution in [2.45, 2.75) is 19.3 Å². The number of carbonyl (C=O) groups is 1. The van der Waals surface area contributed by atoms with Gasteiger partial charge in [-0.2, -0.15) is 0 Å². The molecule has 0 N–H and O–H groups in total. The highest BCUT2D eigenvalue weighted by atomic mass is 16.5. The Hall–Kier alpha value is -1.64. The van der Waals surface area contributed by atoms with Gasteiger partial charge in [0.05, 0.1) is 12.3 Å². The van der Waals surface area contributed by atoms with E-state index in [1.165, 1.54) is 0 Å². The Balaban J connectivity index is 2.41. The zero-order chi connectivity index (χ0) is 10.9. The molecule has 3 heteroatoms. The largest absolute Gasteiger partial charge is 0.465 e. The van der Waals surface area contributed by atoms with Crippen LogP contribution in [0.2, 0.25) is 0 Å². The van der Waals surface area contributed by atoms with E-state index in [1.54, 1.807) is 13.1 Å². The molecule has 0 aliphatic carbocycles. The van der Waals surface area contributed by atoms with Crippen LogP contribution >= 0.6 is 0 Å². The van der Waals surface area contributed by atoms with Gasteiger partial charge in [-0.1, -0.05) is 18.2 Å². The molecular weight excluding hydrogens is 190 g/mol. The number of fused-ring (bicyclic) bond motifs is 1. The lowest BCUT2D eigenvalue weighted by Gasteiger charge is -2.19. The second kappa shape index (κ2) is 3.50. The average Bonchev–Trinajstić information content (AvgIpc) is 2.59. The summed E-state index contributed by atoms with van der Waals surface area (Å²) in [5.74, 6) is -0.237. The summed E-state index contributed by atoms with van der Waals surface area (Å²) in [6.45, 7) is 4.03. The lowest BCUT2D eigenvalue weighted by Crippen LogP contribution is -2.34. The number of hydrogen-bond donors (Lipinski definition) is 0. The molecule has 0 saturated heterocycles. The van der Waals surface area contributed by atoms with Gasteiger partial charge in [-0.25, -0.2) is 0 Å². The molecule has 1 aromatic carbocycles.